The monoisotopic (exact) mass is 271 g/mol. The molecule has 2 aromatic rings. The smallest absolute Gasteiger partial charge is 0.162 e. The molecule has 0 bridgehead atoms. The lowest BCUT2D eigenvalue weighted by atomic mass is 10.1. The van der Waals surface area contributed by atoms with Gasteiger partial charge in [0.15, 0.2) is 5.58 Å². The van der Waals surface area contributed by atoms with Gasteiger partial charge < -0.3 is 4.52 Å². The van der Waals surface area contributed by atoms with Crippen LogP contribution in [0.5, 0.6) is 0 Å². The van der Waals surface area contributed by atoms with Gasteiger partial charge in [-0.2, -0.15) is 0 Å². The summed E-state index contributed by atoms with van der Waals surface area (Å²) in [6.45, 7) is 2.25. The van der Waals surface area contributed by atoms with Gasteiger partial charge in [-0.15, -0.1) is 0 Å². The normalized spacial score (nSPS) is 10.7. The van der Waals surface area contributed by atoms with E-state index in [2.05, 4.69) is 36.3 Å². The zero-order chi connectivity index (χ0) is 14.0. The maximum absolute atomic E-state index is 5.67. The van der Waals surface area contributed by atoms with Crippen molar-refractivity contribution in [2.45, 2.75) is 51.9 Å². The number of H-pyrrole nitrogens is 1. The zero-order valence-electron chi connectivity index (χ0n) is 12.4. The first kappa shape index (κ1) is 14.7. The van der Waals surface area contributed by atoms with Crippen LogP contribution in [-0.4, -0.2) is 5.16 Å². The zero-order valence-corrected chi connectivity index (χ0v) is 12.4. The third-order valence-corrected chi connectivity index (χ3v) is 3.58. The lowest BCUT2D eigenvalue weighted by molar-refractivity contribution is 0.429. The molecule has 0 aliphatic rings. The molecule has 2 rings (SSSR count). The Morgan fingerprint density at radius 1 is 0.850 bits per heavy atom. The number of rotatable bonds is 7. The minimum Gasteiger partial charge on any atom is -0.382 e. The van der Waals surface area contributed by atoms with Crippen molar-refractivity contribution < 1.29 is 4.52 Å². The molecule has 1 heterocycles. The second kappa shape index (κ2) is 8.47. The third kappa shape index (κ3) is 4.76. The number of benzene rings is 1. The molecule has 0 saturated carbocycles. The Hall–Kier alpha value is -1.70. The molecule has 0 aliphatic heterocycles. The van der Waals surface area contributed by atoms with Crippen LogP contribution >= 0.6 is 0 Å². The molecule has 20 heavy (non-hydrogen) atoms. The predicted molar refractivity (Wildman–Crippen MR) is 85.3 cm³/mol. The van der Waals surface area contributed by atoms with Crippen LogP contribution in [0.4, 0.5) is 0 Å². The quantitative estimate of drug-likeness (QED) is 0.634. The van der Waals surface area contributed by atoms with Crippen molar-refractivity contribution in [1.29, 1.82) is 0 Å². The molecule has 0 saturated heterocycles. The summed E-state index contributed by atoms with van der Waals surface area (Å²) in [5.74, 6) is 0. The molecule has 0 aliphatic carbocycles. The highest BCUT2D eigenvalue weighted by molar-refractivity contribution is 5.75. The first-order valence-electron chi connectivity index (χ1n) is 7.79. The maximum Gasteiger partial charge on any atom is 0.162 e. The minimum atomic E-state index is 0.886. The standard InChI is InChI=1S/C18H25NO/c1-2-3-4-5-6-7-13-17-14-10-12-16-11-8-9-15-18(16)20-19-17/h8-12,14-15,19H,2-7,13H2,1H3. The van der Waals surface area contributed by atoms with Crippen LogP contribution in [0.2, 0.25) is 0 Å². The number of hydrogen-bond acceptors (Lipinski definition) is 1. The Bertz CT molecular complexity index is 551. The summed E-state index contributed by atoms with van der Waals surface area (Å²) in [6.07, 6.45) is 8.97. The van der Waals surface area contributed by atoms with Crippen LogP contribution in [0.3, 0.4) is 0 Å². The molecule has 2 heteroatoms. The van der Waals surface area contributed by atoms with Crippen molar-refractivity contribution in [1.82, 2.24) is 5.16 Å². The molecule has 1 aromatic carbocycles. The van der Waals surface area contributed by atoms with Crippen molar-refractivity contribution in [2.24, 2.45) is 0 Å². The van der Waals surface area contributed by atoms with E-state index >= 15 is 0 Å². The highest BCUT2D eigenvalue weighted by Gasteiger charge is 1.95. The number of para-hydroxylation sites is 1. The first-order valence-corrected chi connectivity index (χ1v) is 7.79. The maximum atomic E-state index is 5.67. The molecule has 0 amide bonds. The molecule has 0 unspecified atom stereocenters. The van der Waals surface area contributed by atoms with Crippen molar-refractivity contribution in [3.8, 4) is 0 Å². The Morgan fingerprint density at radius 2 is 1.60 bits per heavy atom. The summed E-state index contributed by atoms with van der Waals surface area (Å²) in [5.41, 5.74) is 2.04. The van der Waals surface area contributed by atoms with E-state index in [1.165, 1.54) is 38.5 Å². The summed E-state index contributed by atoms with van der Waals surface area (Å²) < 4.78 is 5.67. The van der Waals surface area contributed by atoms with Gasteiger partial charge in [0.05, 0.1) is 0 Å². The molecule has 0 spiro atoms. The van der Waals surface area contributed by atoms with Gasteiger partial charge in [-0.25, -0.2) is 5.16 Å². The van der Waals surface area contributed by atoms with E-state index in [-0.39, 0.29) is 0 Å². The number of hydrogen-bond donors (Lipinski definition) is 1. The average Bonchev–Trinajstić information content (AvgIpc) is 2.45. The Labute approximate surface area is 121 Å². The molecule has 0 fully saturated rings. The molecule has 0 atom stereocenters. The van der Waals surface area contributed by atoms with Crippen molar-refractivity contribution in [3.05, 3.63) is 48.2 Å². The third-order valence-electron chi connectivity index (χ3n) is 3.58. The molecule has 2 nitrogen and oxygen atoms in total. The van der Waals surface area contributed by atoms with Crippen molar-refractivity contribution >= 4 is 11.0 Å². The molecular formula is C18H25NO. The van der Waals surface area contributed by atoms with E-state index in [1.54, 1.807) is 0 Å². The van der Waals surface area contributed by atoms with E-state index in [4.69, 9.17) is 4.52 Å². The summed E-state index contributed by atoms with van der Waals surface area (Å²) in [4.78, 5) is 0. The molecule has 108 valence electrons. The fourth-order valence-electron chi connectivity index (χ4n) is 2.36. The van der Waals surface area contributed by atoms with Crippen molar-refractivity contribution in [3.63, 3.8) is 0 Å². The number of fused-ring (bicyclic) bond motifs is 1. The van der Waals surface area contributed by atoms with E-state index in [0.717, 1.165) is 23.1 Å². The summed E-state index contributed by atoms with van der Waals surface area (Å²) >= 11 is 0. The first-order chi connectivity index (χ1) is 9.90. The van der Waals surface area contributed by atoms with Gasteiger partial charge in [0.1, 0.15) is 0 Å². The summed E-state index contributed by atoms with van der Waals surface area (Å²) in [6, 6.07) is 14.4. The van der Waals surface area contributed by atoms with Crippen molar-refractivity contribution in [2.75, 3.05) is 0 Å². The molecule has 1 N–H and O–H groups in total. The highest BCUT2D eigenvalue weighted by atomic mass is 16.5. The van der Waals surface area contributed by atoms with Gasteiger partial charge in [-0.05, 0) is 25.0 Å². The van der Waals surface area contributed by atoms with Crippen LogP contribution in [0, 0.1) is 0 Å². The lowest BCUT2D eigenvalue weighted by Gasteiger charge is -2.01. The van der Waals surface area contributed by atoms with Crippen LogP contribution in [0.15, 0.2) is 47.0 Å². The van der Waals surface area contributed by atoms with Gasteiger partial charge >= 0.3 is 0 Å². The summed E-state index contributed by atoms with van der Waals surface area (Å²) in [7, 11) is 0. The second-order valence-corrected chi connectivity index (χ2v) is 5.31. The van der Waals surface area contributed by atoms with Crippen LogP contribution in [-0.2, 0) is 6.42 Å². The predicted octanol–water partition coefficient (Wildman–Crippen LogP) is 5.79. The Morgan fingerprint density at radius 3 is 2.50 bits per heavy atom. The Kier molecular flexibility index (Phi) is 6.22. The summed E-state index contributed by atoms with van der Waals surface area (Å²) in [5, 5.41) is 4.20. The van der Waals surface area contributed by atoms with E-state index < -0.39 is 0 Å². The fraction of sp³-hybridized carbons (Fsp3) is 0.444. The van der Waals surface area contributed by atoms with Gasteiger partial charge in [0.25, 0.3) is 0 Å². The molecular weight excluding hydrogens is 246 g/mol. The lowest BCUT2D eigenvalue weighted by Crippen LogP contribution is -1.88. The highest BCUT2D eigenvalue weighted by Crippen LogP contribution is 2.11. The largest absolute Gasteiger partial charge is 0.382 e. The number of unbranched alkanes of at least 4 members (excludes halogenated alkanes) is 5. The second-order valence-electron chi connectivity index (χ2n) is 5.31. The topological polar surface area (TPSA) is 28.9 Å². The fourth-order valence-corrected chi connectivity index (χ4v) is 2.36. The van der Waals surface area contributed by atoms with Gasteiger partial charge in [-0.3, -0.25) is 0 Å². The van der Waals surface area contributed by atoms with E-state index in [1.807, 2.05) is 18.2 Å². The number of aromatic nitrogens is 1. The van der Waals surface area contributed by atoms with Gasteiger partial charge in [-0.1, -0.05) is 69.4 Å². The van der Waals surface area contributed by atoms with E-state index in [9.17, 15) is 0 Å². The number of nitrogens with one attached hydrogen (secondary N) is 1. The number of aromatic amines is 1. The average molecular weight is 271 g/mol. The van der Waals surface area contributed by atoms with Crippen LogP contribution in [0.25, 0.3) is 11.0 Å². The number of aryl methyl sites for hydroxylation is 1. The van der Waals surface area contributed by atoms with Gasteiger partial charge in [0.2, 0.25) is 0 Å². The minimum absolute atomic E-state index is 0.886. The van der Waals surface area contributed by atoms with E-state index in [0.29, 0.717) is 0 Å². The SMILES string of the molecule is CCCCCCCCc1cccc2ccccc2o[nH]1. The van der Waals surface area contributed by atoms with Crippen LogP contribution < -0.4 is 0 Å². The van der Waals surface area contributed by atoms with Crippen LogP contribution in [0.1, 0.15) is 51.1 Å². The Balaban J connectivity index is 1.92. The molecule has 0 radical (unpaired) electrons. The van der Waals surface area contributed by atoms with Gasteiger partial charge in [0, 0.05) is 11.1 Å². The molecule has 1 aromatic heterocycles.